The van der Waals surface area contributed by atoms with Gasteiger partial charge in [0.25, 0.3) is 0 Å². The zero-order valence-electron chi connectivity index (χ0n) is 15.9. The second kappa shape index (κ2) is 7.72. The molecule has 2 aliphatic heterocycles. The molecule has 2 rings (SSSR count). The summed E-state index contributed by atoms with van der Waals surface area (Å²) < 4.78 is 5.41. The maximum atomic E-state index is 12.8. The van der Waals surface area contributed by atoms with E-state index in [1.54, 1.807) is 4.90 Å². The molecule has 2 heterocycles. The van der Waals surface area contributed by atoms with Crippen molar-refractivity contribution < 1.29 is 14.3 Å². The quantitative estimate of drug-likeness (QED) is 0.774. The number of rotatable bonds is 2. The van der Waals surface area contributed by atoms with Gasteiger partial charge in [-0.2, -0.15) is 0 Å². The number of likely N-dealkylation sites (tertiary alicyclic amines) is 1. The normalized spacial score (nSPS) is 23.5. The Hall–Kier alpha value is -1.30. The summed E-state index contributed by atoms with van der Waals surface area (Å²) in [4.78, 5) is 31.1. The first kappa shape index (κ1) is 19.0. The molecule has 0 bridgehead atoms. The van der Waals surface area contributed by atoms with Gasteiger partial charge in [0, 0.05) is 45.3 Å². The van der Waals surface area contributed by atoms with E-state index in [0.717, 1.165) is 39.0 Å². The van der Waals surface area contributed by atoms with Gasteiger partial charge >= 0.3 is 6.09 Å². The Labute approximate surface area is 146 Å². The minimum atomic E-state index is -0.496. The number of carbonyl (C=O) groups is 2. The maximum absolute atomic E-state index is 12.8. The van der Waals surface area contributed by atoms with E-state index in [9.17, 15) is 9.59 Å². The monoisotopic (exact) mass is 339 g/mol. The predicted octanol–water partition coefficient (Wildman–Crippen LogP) is 2.19. The molecule has 2 aliphatic rings. The smallest absolute Gasteiger partial charge is 0.410 e. The highest BCUT2D eigenvalue weighted by molar-refractivity contribution is 5.80. The Morgan fingerprint density at radius 3 is 2.33 bits per heavy atom. The van der Waals surface area contributed by atoms with Gasteiger partial charge in [-0.15, -0.1) is 0 Å². The molecule has 1 unspecified atom stereocenters. The average Bonchev–Trinajstić information content (AvgIpc) is 2.82. The molecule has 24 heavy (non-hydrogen) atoms. The molecule has 0 aromatic rings. The molecule has 0 aromatic heterocycles. The topological polar surface area (TPSA) is 53.1 Å². The van der Waals surface area contributed by atoms with Gasteiger partial charge in [0.05, 0.1) is 5.92 Å². The summed E-state index contributed by atoms with van der Waals surface area (Å²) in [6.07, 6.45) is 1.45. The fourth-order valence-electron chi connectivity index (χ4n) is 3.39. The van der Waals surface area contributed by atoms with E-state index in [4.69, 9.17) is 4.74 Å². The molecular formula is C18H33N3O3. The second-order valence-corrected chi connectivity index (χ2v) is 8.22. The van der Waals surface area contributed by atoms with Crippen LogP contribution >= 0.6 is 0 Å². The standard InChI is InChI=1S/C18H33N3O3/c1-14(2)19-8-6-9-20(12-11-19)16(22)15-7-10-21(13-15)17(23)24-18(3,4)5/h14-15H,6-13H2,1-5H3. The summed E-state index contributed by atoms with van der Waals surface area (Å²) >= 11 is 0. The zero-order chi connectivity index (χ0) is 17.9. The van der Waals surface area contributed by atoms with Gasteiger partial charge in [-0.3, -0.25) is 9.69 Å². The van der Waals surface area contributed by atoms with Crippen LogP contribution < -0.4 is 0 Å². The van der Waals surface area contributed by atoms with Crippen molar-refractivity contribution in [1.82, 2.24) is 14.7 Å². The van der Waals surface area contributed by atoms with Gasteiger partial charge in [0.2, 0.25) is 5.91 Å². The van der Waals surface area contributed by atoms with E-state index in [1.807, 2.05) is 25.7 Å². The van der Waals surface area contributed by atoms with Gasteiger partial charge in [0.1, 0.15) is 5.60 Å². The Morgan fingerprint density at radius 2 is 1.71 bits per heavy atom. The first-order valence-electron chi connectivity index (χ1n) is 9.18. The van der Waals surface area contributed by atoms with Crippen LogP contribution in [-0.2, 0) is 9.53 Å². The third-order valence-corrected chi connectivity index (χ3v) is 4.76. The minimum Gasteiger partial charge on any atom is -0.444 e. The third-order valence-electron chi connectivity index (χ3n) is 4.76. The number of hydrogen-bond donors (Lipinski definition) is 0. The number of hydrogen-bond acceptors (Lipinski definition) is 4. The van der Waals surface area contributed by atoms with Gasteiger partial charge < -0.3 is 14.5 Å². The lowest BCUT2D eigenvalue weighted by molar-refractivity contribution is -0.135. The Bertz CT molecular complexity index is 459. The van der Waals surface area contributed by atoms with Crippen LogP contribution in [0.15, 0.2) is 0 Å². The molecule has 2 saturated heterocycles. The molecule has 0 aliphatic carbocycles. The minimum absolute atomic E-state index is 0.0804. The van der Waals surface area contributed by atoms with Crippen LogP contribution in [0.2, 0.25) is 0 Å². The molecule has 6 nitrogen and oxygen atoms in total. The Balaban J connectivity index is 1.86. The van der Waals surface area contributed by atoms with Crippen molar-refractivity contribution in [3.05, 3.63) is 0 Å². The van der Waals surface area contributed by atoms with Crippen molar-refractivity contribution in [3.63, 3.8) is 0 Å². The predicted molar refractivity (Wildman–Crippen MR) is 93.8 cm³/mol. The summed E-state index contributed by atoms with van der Waals surface area (Å²) in [5.74, 6) is 0.120. The largest absolute Gasteiger partial charge is 0.444 e. The fourth-order valence-corrected chi connectivity index (χ4v) is 3.39. The van der Waals surface area contributed by atoms with E-state index in [0.29, 0.717) is 19.1 Å². The van der Waals surface area contributed by atoms with Crippen LogP contribution in [-0.4, -0.2) is 77.6 Å². The molecule has 6 heteroatoms. The summed E-state index contributed by atoms with van der Waals surface area (Å²) in [6.45, 7) is 14.7. The van der Waals surface area contributed by atoms with E-state index < -0.39 is 5.60 Å². The SMILES string of the molecule is CC(C)N1CCCN(C(=O)C2CCN(C(=O)OC(C)(C)C)C2)CC1. The zero-order valence-corrected chi connectivity index (χ0v) is 15.9. The van der Waals surface area contributed by atoms with Crippen LogP contribution in [0.1, 0.15) is 47.5 Å². The van der Waals surface area contributed by atoms with Gasteiger partial charge in [-0.1, -0.05) is 0 Å². The van der Waals surface area contributed by atoms with Crippen molar-refractivity contribution >= 4 is 12.0 Å². The highest BCUT2D eigenvalue weighted by Crippen LogP contribution is 2.22. The lowest BCUT2D eigenvalue weighted by Gasteiger charge is -2.27. The fraction of sp³-hybridized carbons (Fsp3) is 0.889. The van der Waals surface area contributed by atoms with Crippen molar-refractivity contribution in [3.8, 4) is 0 Å². The molecule has 0 aromatic carbocycles. The molecule has 2 amide bonds. The van der Waals surface area contributed by atoms with Crippen molar-refractivity contribution in [2.45, 2.75) is 59.1 Å². The van der Waals surface area contributed by atoms with Gasteiger partial charge in [0.15, 0.2) is 0 Å². The van der Waals surface area contributed by atoms with Gasteiger partial charge in [-0.25, -0.2) is 4.79 Å². The summed E-state index contributed by atoms with van der Waals surface area (Å²) in [7, 11) is 0. The highest BCUT2D eigenvalue weighted by Gasteiger charge is 2.35. The lowest BCUT2D eigenvalue weighted by atomic mass is 10.1. The molecule has 0 spiro atoms. The lowest BCUT2D eigenvalue weighted by Crippen LogP contribution is -2.41. The molecule has 2 fully saturated rings. The molecule has 1 atom stereocenters. The average molecular weight is 339 g/mol. The molecule has 0 saturated carbocycles. The van der Waals surface area contributed by atoms with Crippen LogP contribution in [0.4, 0.5) is 4.79 Å². The summed E-state index contributed by atoms with van der Waals surface area (Å²) in [5.41, 5.74) is -0.496. The maximum Gasteiger partial charge on any atom is 0.410 e. The van der Waals surface area contributed by atoms with E-state index in [-0.39, 0.29) is 17.9 Å². The van der Waals surface area contributed by atoms with Crippen molar-refractivity contribution in [2.75, 3.05) is 39.3 Å². The van der Waals surface area contributed by atoms with Crippen LogP contribution in [0.5, 0.6) is 0 Å². The first-order valence-corrected chi connectivity index (χ1v) is 9.18. The Morgan fingerprint density at radius 1 is 1.00 bits per heavy atom. The third kappa shape index (κ3) is 5.10. The highest BCUT2D eigenvalue weighted by atomic mass is 16.6. The van der Waals surface area contributed by atoms with E-state index >= 15 is 0 Å². The molecule has 0 N–H and O–H groups in total. The Kier molecular flexibility index (Phi) is 6.12. The van der Waals surface area contributed by atoms with Crippen LogP contribution in [0, 0.1) is 5.92 Å². The van der Waals surface area contributed by atoms with Crippen molar-refractivity contribution in [2.24, 2.45) is 5.92 Å². The number of nitrogens with zero attached hydrogens (tertiary/aromatic N) is 3. The summed E-state index contributed by atoms with van der Waals surface area (Å²) in [5, 5.41) is 0. The van der Waals surface area contributed by atoms with E-state index in [2.05, 4.69) is 18.7 Å². The van der Waals surface area contributed by atoms with Crippen LogP contribution in [0.25, 0.3) is 0 Å². The molecule has 138 valence electrons. The summed E-state index contributed by atoms with van der Waals surface area (Å²) in [6, 6.07) is 0.522. The van der Waals surface area contributed by atoms with E-state index in [1.165, 1.54) is 0 Å². The number of ether oxygens (including phenoxy) is 1. The number of carbonyl (C=O) groups excluding carboxylic acids is 2. The van der Waals surface area contributed by atoms with Gasteiger partial charge in [-0.05, 0) is 47.5 Å². The van der Waals surface area contributed by atoms with Crippen LogP contribution in [0.3, 0.4) is 0 Å². The van der Waals surface area contributed by atoms with Crippen molar-refractivity contribution in [1.29, 1.82) is 0 Å². The second-order valence-electron chi connectivity index (χ2n) is 8.22. The first-order chi connectivity index (χ1) is 11.2. The molecular weight excluding hydrogens is 306 g/mol. The molecule has 0 radical (unpaired) electrons. The number of amides is 2.